The molecule has 1 aromatic heterocycles. The smallest absolute Gasteiger partial charge is 0.273 e. The zero-order valence-corrected chi connectivity index (χ0v) is 20.1. The Morgan fingerprint density at radius 2 is 1.71 bits per heavy atom. The molecule has 4 heterocycles. The topological polar surface area (TPSA) is 106 Å². The van der Waals surface area contributed by atoms with Crippen LogP contribution in [0.3, 0.4) is 0 Å². The zero-order chi connectivity index (χ0) is 24.2. The van der Waals surface area contributed by atoms with E-state index in [0.717, 1.165) is 37.6 Å². The molecule has 1 fully saturated rings. The van der Waals surface area contributed by atoms with Gasteiger partial charge in [0.05, 0.1) is 0 Å². The number of nitrogens with two attached hydrogens (primary N) is 1. The van der Waals surface area contributed by atoms with Gasteiger partial charge in [-0.25, -0.2) is 12.4 Å². The number of rotatable bonds is 4. The molecule has 3 aromatic rings. The number of para-hydroxylation sites is 1. The van der Waals surface area contributed by atoms with Crippen molar-refractivity contribution in [1.82, 2.24) is 8.87 Å². The highest BCUT2D eigenvalue weighted by Gasteiger charge is 2.34. The molecule has 11 heteroatoms. The molecule has 0 aliphatic carbocycles. The Morgan fingerprint density at radius 1 is 0.971 bits per heavy atom. The van der Waals surface area contributed by atoms with Crippen molar-refractivity contribution >= 4 is 33.4 Å². The number of nitrogens with zero attached hydrogens (tertiary/aromatic N) is 5. The van der Waals surface area contributed by atoms with Crippen LogP contribution in [0.15, 0.2) is 64.6 Å². The third-order valence-corrected chi connectivity index (χ3v) is 8.30. The van der Waals surface area contributed by atoms with Crippen LogP contribution in [0, 0.1) is 0 Å². The second-order valence-electron chi connectivity index (χ2n) is 8.75. The lowest BCUT2D eigenvalue weighted by molar-refractivity contribution is 0.172. The molecule has 182 valence electrons. The van der Waals surface area contributed by atoms with Gasteiger partial charge in [-0.2, -0.15) is 0 Å². The van der Waals surface area contributed by atoms with E-state index in [1.807, 2.05) is 24.3 Å². The third kappa shape index (κ3) is 3.63. The van der Waals surface area contributed by atoms with Crippen molar-refractivity contribution in [2.75, 3.05) is 49.8 Å². The minimum atomic E-state index is -4.02. The van der Waals surface area contributed by atoms with Crippen molar-refractivity contribution in [2.24, 2.45) is 10.7 Å². The average Bonchev–Trinajstić information content (AvgIpc) is 3.52. The van der Waals surface area contributed by atoms with Gasteiger partial charge in [-0.3, -0.25) is 15.6 Å². The maximum absolute atomic E-state index is 13.8. The summed E-state index contributed by atoms with van der Waals surface area (Å²) >= 11 is 0. The van der Waals surface area contributed by atoms with Gasteiger partial charge in [0.2, 0.25) is 6.79 Å². The summed E-state index contributed by atoms with van der Waals surface area (Å²) in [5.74, 6) is 1.05. The van der Waals surface area contributed by atoms with Crippen molar-refractivity contribution in [3.05, 3.63) is 60.3 Å². The Bertz CT molecular complexity index is 1390. The minimum Gasteiger partial charge on any atom is -0.454 e. The largest absolute Gasteiger partial charge is 0.454 e. The van der Waals surface area contributed by atoms with Crippen LogP contribution < -0.4 is 25.0 Å². The standard InChI is InChI=1S/C24H26N6O4S/c1-27-11-13-28(14-12-27)18-5-7-19(8-6-18)30-23-17(15-26-24(30)25)9-10-29(23)35(31,32)21-4-2-3-20-22(21)34-16-33-20/h2-10,15,24H,11-14,16,25H2,1H3. The Balaban J connectivity index is 1.39. The Kier molecular flexibility index (Phi) is 5.20. The summed E-state index contributed by atoms with van der Waals surface area (Å²) < 4.78 is 39.7. The van der Waals surface area contributed by atoms with E-state index in [0.29, 0.717) is 17.1 Å². The first-order chi connectivity index (χ1) is 16.9. The lowest BCUT2D eigenvalue weighted by Crippen LogP contribution is -2.44. The Labute approximate surface area is 203 Å². The number of likely N-dealkylation sites (N-methyl/N-ethyl adjacent to an activating group) is 1. The number of hydrogen-bond donors (Lipinski definition) is 1. The molecule has 0 bridgehead atoms. The summed E-state index contributed by atoms with van der Waals surface area (Å²) in [5.41, 5.74) is 8.91. The van der Waals surface area contributed by atoms with Gasteiger partial charge in [-0.05, 0) is 49.5 Å². The maximum Gasteiger partial charge on any atom is 0.273 e. The van der Waals surface area contributed by atoms with Crippen LogP contribution in [0.25, 0.3) is 0 Å². The summed E-state index contributed by atoms with van der Waals surface area (Å²) in [6, 6.07) is 14.6. The highest BCUT2D eigenvalue weighted by Crippen LogP contribution is 2.41. The van der Waals surface area contributed by atoms with E-state index in [9.17, 15) is 8.42 Å². The fourth-order valence-corrected chi connectivity index (χ4v) is 6.18. The van der Waals surface area contributed by atoms with Gasteiger partial charge < -0.3 is 19.3 Å². The molecular formula is C24H26N6O4S. The molecule has 3 aliphatic rings. The number of fused-ring (bicyclic) bond motifs is 2. The van der Waals surface area contributed by atoms with Crippen molar-refractivity contribution < 1.29 is 17.9 Å². The molecular weight excluding hydrogens is 468 g/mol. The SMILES string of the molecule is CN1CCN(c2ccc(N3c4c(ccn4S(=O)(=O)c4cccc5c4OCO5)C=NC3N)cc2)CC1. The highest BCUT2D eigenvalue weighted by atomic mass is 32.2. The first kappa shape index (κ1) is 22.0. The van der Waals surface area contributed by atoms with Gasteiger partial charge in [0.1, 0.15) is 10.7 Å². The number of anilines is 3. The van der Waals surface area contributed by atoms with E-state index in [4.69, 9.17) is 15.2 Å². The van der Waals surface area contributed by atoms with Crippen LogP contribution in [0.2, 0.25) is 0 Å². The molecule has 10 nitrogen and oxygen atoms in total. The van der Waals surface area contributed by atoms with E-state index in [1.165, 1.54) is 16.2 Å². The van der Waals surface area contributed by atoms with E-state index in [2.05, 4.69) is 21.8 Å². The summed E-state index contributed by atoms with van der Waals surface area (Å²) in [4.78, 5) is 10.8. The minimum absolute atomic E-state index is 0.0189. The summed E-state index contributed by atoms with van der Waals surface area (Å²) in [5, 5.41) is 0. The summed E-state index contributed by atoms with van der Waals surface area (Å²) in [6.45, 7) is 3.93. The predicted octanol–water partition coefficient (Wildman–Crippen LogP) is 2.02. The van der Waals surface area contributed by atoms with Gasteiger partial charge >= 0.3 is 0 Å². The number of aromatic nitrogens is 1. The lowest BCUT2D eigenvalue weighted by Gasteiger charge is -2.35. The normalized spacial score (nSPS) is 19.8. The lowest BCUT2D eigenvalue weighted by atomic mass is 10.2. The molecule has 0 radical (unpaired) electrons. The van der Waals surface area contributed by atoms with Crippen molar-refractivity contribution in [3.63, 3.8) is 0 Å². The fourth-order valence-electron chi connectivity index (χ4n) is 4.69. The number of aliphatic imine (C=N–C) groups is 1. The van der Waals surface area contributed by atoms with E-state index in [-0.39, 0.29) is 17.4 Å². The number of ether oxygens (including phenoxy) is 2. The summed E-state index contributed by atoms with van der Waals surface area (Å²) in [7, 11) is -1.89. The quantitative estimate of drug-likeness (QED) is 0.587. The second-order valence-corrected chi connectivity index (χ2v) is 10.5. The first-order valence-electron chi connectivity index (χ1n) is 11.4. The number of hydrogen-bond acceptors (Lipinski definition) is 9. The molecule has 6 rings (SSSR count). The summed E-state index contributed by atoms with van der Waals surface area (Å²) in [6.07, 6.45) is 2.35. The number of benzene rings is 2. The van der Waals surface area contributed by atoms with Gasteiger partial charge in [-0.1, -0.05) is 6.07 Å². The Hall–Kier alpha value is -3.54. The van der Waals surface area contributed by atoms with Crippen LogP contribution in [-0.4, -0.2) is 69.8 Å². The number of piperazine rings is 1. The third-order valence-electron chi connectivity index (χ3n) is 6.61. The second kappa shape index (κ2) is 8.29. The van der Waals surface area contributed by atoms with Gasteiger partial charge in [-0.15, -0.1) is 0 Å². The average molecular weight is 495 g/mol. The first-order valence-corrected chi connectivity index (χ1v) is 12.8. The molecule has 3 aliphatic heterocycles. The van der Waals surface area contributed by atoms with Crippen LogP contribution in [-0.2, 0) is 10.0 Å². The van der Waals surface area contributed by atoms with Crippen LogP contribution >= 0.6 is 0 Å². The molecule has 35 heavy (non-hydrogen) atoms. The van der Waals surface area contributed by atoms with Crippen molar-refractivity contribution in [1.29, 1.82) is 0 Å². The highest BCUT2D eigenvalue weighted by molar-refractivity contribution is 7.90. The fraction of sp³-hybridized carbons (Fsp3) is 0.292. The van der Waals surface area contributed by atoms with Crippen molar-refractivity contribution in [3.8, 4) is 11.5 Å². The molecule has 0 amide bonds. The Morgan fingerprint density at radius 3 is 2.49 bits per heavy atom. The molecule has 0 spiro atoms. The van der Waals surface area contributed by atoms with Gasteiger partial charge in [0, 0.05) is 55.5 Å². The predicted molar refractivity (Wildman–Crippen MR) is 133 cm³/mol. The van der Waals surface area contributed by atoms with E-state index >= 15 is 0 Å². The van der Waals surface area contributed by atoms with Gasteiger partial charge in [0.15, 0.2) is 17.8 Å². The molecule has 1 unspecified atom stereocenters. The molecule has 0 saturated carbocycles. The van der Waals surface area contributed by atoms with Crippen LogP contribution in [0.1, 0.15) is 5.56 Å². The molecule has 2 N–H and O–H groups in total. The molecule has 1 atom stereocenters. The van der Waals surface area contributed by atoms with Crippen LogP contribution in [0.4, 0.5) is 17.2 Å². The maximum atomic E-state index is 13.8. The van der Waals surface area contributed by atoms with E-state index in [1.54, 1.807) is 29.3 Å². The van der Waals surface area contributed by atoms with Gasteiger partial charge in [0.25, 0.3) is 10.0 Å². The van der Waals surface area contributed by atoms with Crippen LogP contribution in [0.5, 0.6) is 11.5 Å². The van der Waals surface area contributed by atoms with Crippen molar-refractivity contribution in [2.45, 2.75) is 11.2 Å². The molecule has 2 aromatic carbocycles. The zero-order valence-electron chi connectivity index (χ0n) is 19.2. The van der Waals surface area contributed by atoms with E-state index < -0.39 is 16.3 Å². The molecule has 1 saturated heterocycles. The monoisotopic (exact) mass is 494 g/mol.